The average molecular weight is 719 g/mol. The Balaban J connectivity index is 0.000000228. The zero-order chi connectivity index (χ0) is 38.1. The molecule has 0 amide bonds. The Labute approximate surface area is 313 Å². The van der Waals surface area contributed by atoms with Crippen molar-refractivity contribution in [2.75, 3.05) is 35.0 Å². The van der Waals surface area contributed by atoms with E-state index in [0.29, 0.717) is 23.8 Å². The number of aliphatic carboxylic acids is 1. The number of aliphatic hydroxyl groups excluding tert-OH is 1. The van der Waals surface area contributed by atoms with Crippen LogP contribution in [0.5, 0.6) is 23.0 Å². The molecule has 2 N–H and O–H groups in total. The third-order valence-corrected chi connectivity index (χ3v) is 13.5. The number of aliphatic hydroxyl groups is 1. The second-order valence-corrected chi connectivity index (χ2v) is 18.4. The van der Waals surface area contributed by atoms with Gasteiger partial charge in [0.1, 0.15) is 23.0 Å². The lowest BCUT2D eigenvalue weighted by Crippen LogP contribution is -2.40. The van der Waals surface area contributed by atoms with Crippen LogP contribution in [0.25, 0.3) is 11.1 Å². The number of benzene rings is 2. The summed E-state index contributed by atoms with van der Waals surface area (Å²) < 4.78 is 23.0. The van der Waals surface area contributed by atoms with Crippen molar-refractivity contribution < 1.29 is 34.0 Å². The topological polar surface area (TPSA) is 94.5 Å². The van der Waals surface area contributed by atoms with Crippen LogP contribution in [-0.4, -0.2) is 51.2 Å². The molecule has 4 aliphatic rings. The quantitative estimate of drug-likeness (QED) is 0.281. The highest BCUT2D eigenvalue weighted by Crippen LogP contribution is 2.70. The largest absolute Gasteiger partial charge is 0.496 e. The Bertz CT molecular complexity index is 1700. The molecule has 2 fully saturated rings. The number of allylic oxidation sites excluding steroid dienone is 2. The molecule has 0 aliphatic heterocycles. The molecule has 2 aromatic carbocycles. The van der Waals surface area contributed by atoms with E-state index in [1.165, 1.54) is 11.1 Å². The second kappa shape index (κ2) is 13.8. The minimum atomic E-state index is -0.901. The third-order valence-electron chi connectivity index (χ3n) is 13.5. The Hall–Kier alpha value is -3.45. The average Bonchev–Trinajstić information content (AvgIpc) is 3.66. The second-order valence-electron chi connectivity index (χ2n) is 18.4. The Morgan fingerprint density at radius 2 is 1.04 bits per heavy atom. The van der Waals surface area contributed by atoms with Crippen LogP contribution in [0.1, 0.15) is 125 Å². The number of fused-ring (bicyclic) bond motifs is 4. The molecule has 0 spiro atoms. The summed E-state index contributed by atoms with van der Waals surface area (Å²) in [6.07, 6.45) is 8.22. The molecule has 6 rings (SSSR count). The number of carbonyl (C=O) groups is 1. The van der Waals surface area contributed by atoms with Gasteiger partial charge in [0, 0.05) is 5.41 Å². The van der Waals surface area contributed by atoms with Gasteiger partial charge in [0.15, 0.2) is 0 Å². The summed E-state index contributed by atoms with van der Waals surface area (Å²) in [7, 11) is 6.71. The maximum Gasteiger partial charge on any atom is 0.314 e. The van der Waals surface area contributed by atoms with Gasteiger partial charge in [0.2, 0.25) is 0 Å². The molecule has 52 heavy (non-hydrogen) atoms. The summed E-state index contributed by atoms with van der Waals surface area (Å²) in [5.74, 6) is 3.04. The first-order valence-corrected chi connectivity index (χ1v) is 18.5. The predicted molar refractivity (Wildman–Crippen MR) is 212 cm³/mol. The molecule has 0 radical (unpaired) electrons. The van der Waals surface area contributed by atoms with Gasteiger partial charge in [-0.2, -0.15) is 0 Å². The smallest absolute Gasteiger partial charge is 0.314 e. The summed E-state index contributed by atoms with van der Waals surface area (Å²) >= 11 is 0. The van der Waals surface area contributed by atoms with Gasteiger partial charge in [0.25, 0.3) is 0 Å². The van der Waals surface area contributed by atoms with Gasteiger partial charge in [-0.3, -0.25) is 4.79 Å². The Kier molecular flexibility index (Phi) is 10.9. The molecule has 0 heterocycles. The molecule has 2 saturated carbocycles. The fourth-order valence-electron chi connectivity index (χ4n) is 9.77. The SMILES string of the molecule is C.COc1cc(C(C)(C)C)cc(OC)c1C1=C[C@H]2CC[C@]1(C(=O)O)C2(C)C.COc1cc(C(C)(C)C)cc(OC)c1C1=C[C@H]2CC[C@]1(CO)C2(C)C. The van der Waals surface area contributed by atoms with Crippen LogP contribution in [0.2, 0.25) is 0 Å². The number of hydrogen-bond acceptors (Lipinski definition) is 6. The number of methoxy groups -OCH3 is 4. The van der Waals surface area contributed by atoms with E-state index in [1.807, 2.05) is 12.1 Å². The van der Waals surface area contributed by atoms with Crippen molar-refractivity contribution in [3.8, 4) is 23.0 Å². The van der Waals surface area contributed by atoms with Crippen molar-refractivity contribution in [2.45, 2.75) is 113 Å². The van der Waals surface area contributed by atoms with Crippen LogP contribution in [0.3, 0.4) is 0 Å². The summed E-state index contributed by atoms with van der Waals surface area (Å²) in [4.78, 5) is 12.5. The summed E-state index contributed by atoms with van der Waals surface area (Å²) in [5, 5.41) is 20.6. The van der Waals surface area contributed by atoms with Gasteiger partial charge in [0.05, 0.1) is 51.6 Å². The Morgan fingerprint density at radius 3 is 1.37 bits per heavy atom. The van der Waals surface area contributed by atoms with Crippen molar-refractivity contribution in [3.63, 3.8) is 0 Å². The first-order valence-electron chi connectivity index (χ1n) is 18.5. The standard InChI is InChI=1S/C22H30O4.C22H32O3.CH4/c1-20(2,3)14-11-16(25-6)18(17(12-14)26-7)15-10-13-8-9-22(15,19(23)24)21(13,4)5;1-20(2,3)15-11-17(24-6)19(18(12-15)25-7)16-10-14-8-9-22(16,13-23)21(14,4)5;/h10-13H,8-9H2,1-7H3,(H,23,24);10-12,14,23H,8-9,13H2,1-7H3;1H4/t13-,22+;14-,22-;/m11./s1. The maximum absolute atomic E-state index is 12.5. The molecule has 0 unspecified atom stereocenters. The van der Waals surface area contributed by atoms with Crippen LogP contribution in [-0.2, 0) is 15.6 Å². The fraction of sp³-hybridized carbons (Fsp3) is 0.622. The number of carboxylic acids is 1. The van der Waals surface area contributed by atoms with Gasteiger partial charge in [-0.15, -0.1) is 0 Å². The summed E-state index contributed by atoms with van der Waals surface area (Å²) in [5.41, 5.74) is 4.69. The van der Waals surface area contributed by atoms with Crippen LogP contribution < -0.4 is 18.9 Å². The number of carboxylic acid groups (broad SMARTS) is 1. The van der Waals surface area contributed by atoms with Gasteiger partial charge in [-0.25, -0.2) is 0 Å². The van der Waals surface area contributed by atoms with Crippen molar-refractivity contribution in [2.24, 2.45) is 33.5 Å². The first-order chi connectivity index (χ1) is 23.6. The molecule has 0 saturated heterocycles. The van der Waals surface area contributed by atoms with Crippen molar-refractivity contribution in [1.82, 2.24) is 0 Å². The van der Waals surface area contributed by atoms with E-state index < -0.39 is 11.4 Å². The molecular formula is C45H66O7. The van der Waals surface area contributed by atoms with Crippen molar-refractivity contribution in [3.05, 3.63) is 58.7 Å². The molecule has 4 bridgehead atoms. The third kappa shape index (κ3) is 5.94. The lowest BCUT2D eigenvalue weighted by molar-refractivity contribution is -0.149. The van der Waals surface area contributed by atoms with E-state index in [9.17, 15) is 15.0 Å². The number of rotatable bonds is 8. The van der Waals surface area contributed by atoms with E-state index in [4.69, 9.17) is 18.9 Å². The highest BCUT2D eigenvalue weighted by atomic mass is 16.5. The molecule has 7 nitrogen and oxygen atoms in total. The summed E-state index contributed by atoms with van der Waals surface area (Å²) in [6, 6.07) is 8.30. The van der Waals surface area contributed by atoms with E-state index in [1.54, 1.807) is 28.4 Å². The summed E-state index contributed by atoms with van der Waals surface area (Å²) in [6.45, 7) is 21.9. The first kappa shape index (κ1) is 41.3. The molecular weight excluding hydrogens is 652 g/mol. The normalized spacial score (nSPS) is 26.4. The van der Waals surface area contributed by atoms with Gasteiger partial charge < -0.3 is 29.2 Å². The predicted octanol–water partition coefficient (Wildman–Crippen LogP) is 10.4. The van der Waals surface area contributed by atoms with E-state index in [2.05, 4.69) is 93.5 Å². The fourth-order valence-corrected chi connectivity index (χ4v) is 9.77. The molecule has 0 aromatic heterocycles. The number of hydrogen-bond donors (Lipinski definition) is 2. The van der Waals surface area contributed by atoms with Gasteiger partial charge >= 0.3 is 5.97 Å². The van der Waals surface area contributed by atoms with E-state index >= 15 is 0 Å². The van der Waals surface area contributed by atoms with Crippen LogP contribution in [0, 0.1) is 33.5 Å². The molecule has 288 valence electrons. The molecule has 7 heteroatoms. The highest BCUT2D eigenvalue weighted by Gasteiger charge is 2.65. The Morgan fingerprint density at radius 1 is 0.673 bits per heavy atom. The van der Waals surface area contributed by atoms with Crippen LogP contribution in [0.15, 0.2) is 36.4 Å². The minimum absolute atomic E-state index is 0. The molecule has 4 aliphatic carbocycles. The molecule has 4 atom stereocenters. The zero-order valence-electron chi connectivity index (χ0n) is 33.6. The van der Waals surface area contributed by atoms with Crippen molar-refractivity contribution in [1.29, 1.82) is 0 Å². The van der Waals surface area contributed by atoms with E-state index in [0.717, 1.165) is 53.0 Å². The maximum atomic E-state index is 12.5. The minimum Gasteiger partial charge on any atom is -0.496 e. The van der Waals surface area contributed by atoms with Crippen molar-refractivity contribution >= 4 is 17.1 Å². The monoisotopic (exact) mass is 718 g/mol. The lowest BCUT2D eigenvalue weighted by Gasteiger charge is -2.40. The molecule has 2 aromatic rings. The number of ether oxygens (including phenoxy) is 4. The van der Waals surface area contributed by atoms with Gasteiger partial charge in [-0.05, 0) is 106 Å². The zero-order valence-corrected chi connectivity index (χ0v) is 33.6. The van der Waals surface area contributed by atoms with Gasteiger partial charge in [-0.1, -0.05) is 88.8 Å². The van der Waals surface area contributed by atoms with Crippen LogP contribution in [0.4, 0.5) is 0 Å². The lowest BCUT2D eigenvalue weighted by atomic mass is 9.64. The van der Waals surface area contributed by atoms with E-state index in [-0.39, 0.29) is 47.0 Å². The highest BCUT2D eigenvalue weighted by molar-refractivity contribution is 5.98. The van der Waals surface area contributed by atoms with Crippen LogP contribution >= 0.6 is 0 Å².